The smallest absolute Gasteiger partial charge is 0.271 e. The van der Waals surface area contributed by atoms with Gasteiger partial charge in [-0.15, -0.1) is 0 Å². The quantitative estimate of drug-likeness (QED) is 0.671. The molecule has 0 bridgehead atoms. The Morgan fingerprint density at radius 1 is 1.47 bits per heavy atom. The standard InChI is InChI=1S/C10H9BrN4O2/c11-9-2-1-8(15(16)17)5-10(9)12-6-7-3-4-13-14-7/h1-5,12H,6H2,(H,13,14). The summed E-state index contributed by atoms with van der Waals surface area (Å²) in [6.45, 7) is 0.528. The van der Waals surface area contributed by atoms with Crippen molar-refractivity contribution in [2.45, 2.75) is 6.54 Å². The molecule has 2 aromatic rings. The van der Waals surface area contributed by atoms with Crippen molar-refractivity contribution in [1.82, 2.24) is 10.2 Å². The zero-order valence-electron chi connectivity index (χ0n) is 8.68. The van der Waals surface area contributed by atoms with Crippen LogP contribution in [-0.2, 0) is 6.54 Å². The molecule has 0 atom stereocenters. The Kier molecular flexibility index (Phi) is 3.38. The Labute approximate surface area is 105 Å². The van der Waals surface area contributed by atoms with Gasteiger partial charge in [-0.25, -0.2) is 0 Å². The van der Waals surface area contributed by atoms with E-state index < -0.39 is 4.92 Å². The third kappa shape index (κ3) is 2.82. The van der Waals surface area contributed by atoms with Gasteiger partial charge in [0.05, 0.1) is 22.8 Å². The molecule has 0 radical (unpaired) electrons. The second-order valence-electron chi connectivity index (χ2n) is 3.36. The third-order valence-electron chi connectivity index (χ3n) is 2.19. The number of nitro benzene ring substituents is 1. The predicted molar refractivity (Wildman–Crippen MR) is 66.7 cm³/mol. The van der Waals surface area contributed by atoms with Crippen molar-refractivity contribution in [2.24, 2.45) is 0 Å². The molecular weight excluding hydrogens is 288 g/mol. The Morgan fingerprint density at radius 3 is 2.94 bits per heavy atom. The zero-order chi connectivity index (χ0) is 12.3. The van der Waals surface area contributed by atoms with Crippen molar-refractivity contribution in [3.8, 4) is 0 Å². The maximum Gasteiger partial charge on any atom is 0.271 e. The fraction of sp³-hybridized carbons (Fsp3) is 0.100. The molecule has 88 valence electrons. The van der Waals surface area contributed by atoms with Crippen LogP contribution in [-0.4, -0.2) is 15.1 Å². The number of hydrogen-bond acceptors (Lipinski definition) is 4. The minimum atomic E-state index is -0.423. The van der Waals surface area contributed by atoms with Gasteiger partial charge in [0.25, 0.3) is 5.69 Å². The predicted octanol–water partition coefficient (Wildman–Crippen LogP) is 2.69. The van der Waals surface area contributed by atoms with E-state index in [1.807, 2.05) is 6.07 Å². The number of rotatable bonds is 4. The molecule has 0 saturated heterocycles. The lowest BCUT2D eigenvalue weighted by molar-refractivity contribution is -0.384. The highest BCUT2D eigenvalue weighted by Gasteiger charge is 2.09. The number of halogens is 1. The van der Waals surface area contributed by atoms with Crippen LogP contribution in [0.4, 0.5) is 11.4 Å². The van der Waals surface area contributed by atoms with Crippen LogP contribution in [0.2, 0.25) is 0 Å². The number of H-pyrrole nitrogens is 1. The largest absolute Gasteiger partial charge is 0.378 e. The van der Waals surface area contributed by atoms with Gasteiger partial charge in [-0.05, 0) is 28.1 Å². The average Bonchev–Trinajstić information content (AvgIpc) is 2.80. The summed E-state index contributed by atoms with van der Waals surface area (Å²) in [7, 11) is 0. The fourth-order valence-corrected chi connectivity index (χ4v) is 1.72. The summed E-state index contributed by atoms with van der Waals surface area (Å²) < 4.78 is 0.780. The van der Waals surface area contributed by atoms with Crippen LogP contribution < -0.4 is 5.32 Å². The molecule has 2 N–H and O–H groups in total. The molecule has 0 fully saturated rings. The Hall–Kier alpha value is -1.89. The van der Waals surface area contributed by atoms with Gasteiger partial charge in [0.15, 0.2) is 0 Å². The molecule has 0 aliphatic heterocycles. The number of nitrogens with zero attached hydrogens (tertiary/aromatic N) is 2. The lowest BCUT2D eigenvalue weighted by Gasteiger charge is -2.06. The number of anilines is 1. The van der Waals surface area contributed by atoms with Crippen LogP contribution in [0.1, 0.15) is 5.69 Å². The molecule has 7 heteroatoms. The molecule has 0 aliphatic rings. The van der Waals surface area contributed by atoms with Crippen molar-refractivity contribution in [2.75, 3.05) is 5.32 Å². The van der Waals surface area contributed by atoms with Crippen LogP contribution in [0.3, 0.4) is 0 Å². The first kappa shape index (κ1) is 11.6. The van der Waals surface area contributed by atoms with Gasteiger partial charge < -0.3 is 5.32 Å². The molecule has 2 rings (SSSR count). The van der Waals surface area contributed by atoms with E-state index in [-0.39, 0.29) is 5.69 Å². The van der Waals surface area contributed by atoms with Crippen LogP contribution in [0.5, 0.6) is 0 Å². The van der Waals surface area contributed by atoms with Gasteiger partial charge >= 0.3 is 0 Å². The first-order valence-electron chi connectivity index (χ1n) is 4.83. The van der Waals surface area contributed by atoms with Gasteiger partial charge in [0.1, 0.15) is 0 Å². The molecule has 17 heavy (non-hydrogen) atoms. The Bertz CT molecular complexity index is 527. The molecule has 0 aliphatic carbocycles. The number of aromatic nitrogens is 2. The molecule has 0 saturated carbocycles. The summed E-state index contributed by atoms with van der Waals surface area (Å²) in [5.41, 5.74) is 1.64. The number of nitrogens with one attached hydrogen (secondary N) is 2. The van der Waals surface area contributed by atoms with E-state index in [1.165, 1.54) is 12.1 Å². The molecule has 1 heterocycles. The maximum atomic E-state index is 10.6. The molecule has 0 unspecified atom stereocenters. The van der Waals surface area contributed by atoms with E-state index in [0.717, 1.165) is 10.2 Å². The van der Waals surface area contributed by atoms with E-state index in [4.69, 9.17) is 0 Å². The monoisotopic (exact) mass is 296 g/mol. The van der Waals surface area contributed by atoms with Crippen LogP contribution in [0.25, 0.3) is 0 Å². The summed E-state index contributed by atoms with van der Waals surface area (Å²) in [5, 5.41) is 20.4. The van der Waals surface area contributed by atoms with Crippen molar-refractivity contribution in [3.63, 3.8) is 0 Å². The number of aromatic amines is 1. The maximum absolute atomic E-state index is 10.6. The van der Waals surface area contributed by atoms with E-state index in [1.54, 1.807) is 12.3 Å². The topological polar surface area (TPSA) is 83.8 Å². The Morgan fingerprint density at radius 2 is 2.29 bits per heavy atom. The van der Waals surface area contributed by atoms with Crippen molar-refractivity contribution in [3.05, 3.63) is 50.7 Å². The second-order valence-corrected chi connectivity index (χ2v) is 4.21. The highest BCUT2D eigenvalue weighted by molar-refractivity contribution is 9.10. The first-order valence-corrected chi connectivity index (χ1v) is 5.62. The van der Waals surface area contributed by atoms with Gasteiger partial charge in [0, 0.05) is 22.8 Å². The first-order chi connectivity index (χ1) is 8.16. The molecule has 1 aromatic carbocycles. The summed E-state index contributed by atoms with van der Waals surface area (Å²) in [6.07, 6.45) is 1.65. The molecular formula is C10H9BrN4O2. The fourth-order valence-electron chi connectivity index (χ4n) is 1.34. The third-order valence-corrected chi connectivity index (χ3v) is 2.88. The van der Waals surface area contributed by atoms with Crippen LogP contribution >= 0.6 is 15.9 Å². The van der Waals surface area contributed by atoms with Crippen molar-refractivity contribution in [1.29, 1.82) is 0 Å². The summed E-state index contributed by atoms with van der Waals surface area (Å²) in [6, 6.07) is 6.41. The number of non-ortho nitro benzene ring substituents is 1. The SMILES string of the molecule is O=[N+]([O-])c1ccc(Br)c(NCc2ccn[nH]2)c1. The molecule has 0 amide bonds. The van der Waals surface area contributed by atoms with Gasteiger partial charge in [-0.1, -0.05) is 0 Å². The van der Waals surface area contributed by atoms with Crippen LogP contribution in [0, 0.1) is 10.1 Å². The summed E-state index contributed by atoms with van der Waals surface area (Å²) in [5.74, 6) is 0. The van der Waals surface area contributed by atoms with Crippen molar-refractivity contribution >= 4 is 27.3 Å². The summed E-state index contributed by atoms with van der Waals surface area (Å²) >= 11 is 3.33. The van der Waals surface area contributed by atoms with E-state index >= 15 is 0 Å². The van der Waals surface area contributed by atoms with Crippen LogP contribution in [0.15, 0.2) is 34.9 Å². The minimum absolute atomic E-state index is 0.0558. The number of benzene rings is 1. The second kappa shape index (κ2) is 4.96. The number of hydrogen-bond donors (Lipinski definition) is 2. The highest BCUT2D eigenvalue weighted by atomic mass is 79.9. The summed E-state index contributed by atoms with van der Waals surface area (Å²) in [4.78, 5) is 10.2. The molecule has 1 aromatic heterocycles. The molecule has 0 spiro atoms. The van der Waals surface area contributed by atoms with E-state index in [9.17, 15) is 10.1 Å². The average molecular weight is 297 g/mol. The normalized spacial score (nSPS) is 10.2. The van der Waals surface area contributed by atoms with E-state index in [0.29, 0.717) is 12.2 Å². The molecule has 6 nitrogen and oxygen atoms in total. The Balaban J connectivity index is 2.14. The van der Waals surface area contributed by atoms with Gasteiger partial charge in [0.2, 0.25) is 0 Å². The van der Waals surface area contributed by atoms with Gasteiger partial charge in [-0.2, -0.15) is 5.10 Å². The van der Waals surface area contributed by atoms with Crippen molar-refractivity contribution < 1.29 is 4.92 Å². The lowest BCUT2D eigenvalue weighted by atomic mass is 10.2. The zero-order valence-corrected chi connectivity index (χ0v) is 10.3. The minimum Gasteiger partial charge on any atom is -0.378 e. The lowest BCUT2D eigenvalue weighted by Crippen LogP contribution is -2.01. The van der Waals surface area contributed by atoms with E-state index in [2.05, 4.69) is 31.4 Å². The highest BCUT2D eigenvalue weighted by Crippen LogP contribution is 2.27. The van der Waals surface area contributed by atoms with Gasteiger partial charge in [-0.3, -0.25) is 15.2 Å². The number of nitro groups is 1.